The molecule has 21 heavy (non-hydrogen) atoms. The number of benzene rings is 2. The Morgan fingerprint density at radius 2 is 1.71 bits per heavy atom. The van der Waals surface area contributed by atoms with E-state index in [1.165, 1.54) is 0 Å². The van der Waals surface area contributed by atoms with E-state index in [9.17, 15) is 0 Å². The average Bonchev–Trinajstić information content (AvgIpc) is 2.54. The fraction of sp³-hybridized carbons (Fsp3) is 0.167. The maximum atomic E-state index is 9.04. The van der Waals surface area contributed by atoms with Crippen LogP contribution in [-0.2, 0) is 6.61 Å². The average molecular weight is 277 g/mol. The van der Waals surface area contributed by atoms with Gasteiger partial charge in [0.25, 0.3) is 0 Å². The monoisotopic (exact) mass is 277 g/mol. The summed E-state index contributed by atoms with van der Waals surface area (Å²) in [5.74, 6) is 6.50. The molecule has 3 nitrogen and oxygen atoms in total. The number of para-hydroxylation sites is 1. The van der Waals surface area contributed by atoms with Crippen LogP contribution in [0.1, 0.15) is 23.1 Å². The molecular formula is C18H15NO2. The second kappa shape index (κ2) is 7.75. The maximum Gasteiger partial charge on any atom is 0.137 e. The molecule has 2 aromatic rings. The van der Waals surface area contributed by atoms with Crippen molar-refractivity contribution in [1.82, 2.24) is 0 Å². The quantitative estimate of drug-likeness (QED) is 0.874. The molecular weight excluding hydrogens is 262 g/mol. The summed E-state index contributed by atoms with van der Waals surface area (Å²) in [5.41, 5.74) is 2.34. The van der Waals surface area contributed by atoms with Crippen LogP contribution in [0.15, 0.2) is 48.5 Å². The van der Waals surface area contributed by atoms with E-state index >= 15 is 0 Å². The van der Waals surface area contributed by atoms with Crippen LogP contribution >= 0.6 is 0 Å². The molecule has 0 aliphatic heterocycles. The van der Waals surface area contributed by atoms with E-state index in [4.69, 9.17) is 15.1 Å². The summed E-state index contributed by atoms with van der Waals surface area (Å²) in [6.45, 7) is 0.407. The predicted octanol–water partition coefficient (Wildman–Crippen LogP) is 2.87. The Morgan fingerprint density at radius 3 is 2.48 bits per heavy atom. The smallest absolute Gasteiger partial charge is 0.137 e. The van der Waals surface area contributed by atoms with Gasteiger partial charge >= 0.3 is 0 Å². The topological polar surface area (TPSA) is 53.2 Å². The molecule has 2 aromatic carbocycles. The molecule has 104 valence electrons. The molecule has 0 saturated carbocycles. The molecule has 0 atom stereocenters. The molecule has 0 unspecified atom stereocenters. The van der Waals surface area contributed by atoms with Crippen molar-refractivity contribution < 1.29 is 9.84 Å². The van der Waals surface area contributed by atoms with E-state index in [2.05, 4.69) is 17.9 Å². The second-order valence-electron chi connectivity index (χ2n) is 4.33. The van der Waals surface area contributed by atoms with E-state index in [1.807, 2.05) is 30.3 Å². The van der Waals surface area contributed by atoms with E-state index in [0.29, 0.717) is 24.3 Å². The summed E-state index contributed by atoms with van der Waals surface area (Å²) in [5, 5.41) is 17.8. The van der Waals surface area contributed by atoms with Crippen molar-refractivity contribution in [3.05, 3.63) is 65.2 Å². The molecule has 0 saturated heterocycles. The highest BCUT2D eigenvalue weighted by molar-refractivity contribution is 5.44. The number of nitrogens with zero attached hydrogens (tertiary/aromatic N) is 1. The van der Waals surface area contributed by atoms with Gasteiger partial charge < -0.3 is 9.84 Å². The van der Waals surface area contributed by atoms with Gasteiger partial charge in [-0.3, -0.25) is 0 Å². The Bertz CT molecular complexity index is 705. The first-order chi connectivity index (χ1) is 10.3. The third kappa shape index (κ3) is 4.11. The Hall–Kier alpha value is -2.75. The zero-order chi connectivity index (χ0) is 14.9. The first-order valence-corrected chi connectivity index (χ1v) is 6.64. The van der Waals surface area contributed by atoms with Crippen molar-refractivity contribution in [2.75, 3.05) is 6.61 Å². The first kappa shape index (κ1) is 14.7. The summed E-state index contributed by atoms with van der Waals surface area (Å²) >= 11 is 0. The molecule has 0 amide bonds. The summed E-state index contributed by atoms with van der Waals surface area (Å²) in [6.07, 6.45) is 0.451. The van der Waals surface area contributed by atoms with Crippen LogP contribution in [0.3, 0.4) is 0 Å². The largest absolute Gasteiger partial charge is 0.487 e. The Morgan fingerprint density at radius 1 is 1.00 bits per heavy atom. The number of nitriles is 1. The maximum absolute atomic E-state index is 9.04. The molecule has 0 aliphatic rings. The highest BCUT2D eigenvalue weighted by Crippen LogP contribution is 2.19. The number of hydrogen-bond donors (Lipinski definition) is 1. The van der Waals surface area contributed by atoms with Crippen molar-refractivity contribution in [1.29, 1.82) is 5.26 Å². The van der Waals surface area contributed by atoms with Crippen molar-refractivity contribution >= 4 is 0 Å². The summed E-state index contributed by atoms with van der Waals surface area (Å²) in [4.78, 5) is 0. The van der Waals surface area contributed by atoms with Gasteiger partial charge in [-0.25, -0.2) is 0 Å². The lowest BCUT2D eigenvalue weighted by molar-refractivity contribution is 0.304. The van der Waals surface area contributed by atoms with Gasteiger partial charge in [-0.15, -0.1) is 0 Å². The molecule has 0 spiro atoms. The van der Waals surface area contributed by atoms with Crippen LogP contribution in [0.2, 0.25) is 0 Å². The first-order valence-electron chi connectivity index (χ1n) is 6.64. The lowest BCUT2D eigenvalue weighted by atomic mass is 10.1. The van der Waals surface area contributed by atoms with Crippen molar-refractivity contribution in [3.63, 3.8) is 0 Å². The predicted molar refractivity (Wildman–Crippen MR) is 80.5 cm³/mol. The van der Waals surface area contributed by atoms with Gasteiger partial charge in [0, 0.05) is 17.5 Å². The van der Waals surface area contributed by atoms with Crippen molar-refractivity contribution in [2.24, 2.45) is 0 Å². The highest BCUT2D eigenvalue weighted by Gasteiger charge is 2.04. The fourth-order valence-electron chi connectivity index (χ4n) is 1.82. The molecule has 1 N–H and O–H groups in total. The van der Waals surface area contributed by atoms with Crippen LogP contribution in [0.4, 0.5) is 0 Å². The van der Waals surface area contributed by atoms with E-state index in [0.717, 1.165) is 11.1 Å². The van der Waals surface area contributed by atoms with Crippen LogP contribution in [-0.4, -0.2) is 11.7 Å². The number of hydrogen-bond acceptors (Lipinski definition) is 3. The van der Waals surface area contributed by atoms with Gasteiger partial charge in [0.1, 0.15) is 18.4 Å². The molecule has 3 heteroatoms. The Labute approximate surface area is 124 Å². The SMILES string of the molecule is N#Cc1ccccc1OCc1ccccc1C#CCCO. The molecule has 0 aliphatic carbocycles. The van der Waals surface area contributed by atoms with E-state index in [1.54, 1.807) is 18.2 Å². The zero-order valence-corrected chi connectivity index (χ0v) is 11.5. The van der Waals surface area contributed by atoms with Gasteiger partial charge in [0.15, 0.2) is 0 Å². The minimum absolute atomic E-state index is 0.0568. The van der Waals surface area contributed by atoms with E-state index < -0.39 is 0 Å². The number of ether oxygens (including phenoxy) is 1. The van der Waals surface area contributed by atoms with Crippen molar-refractivity contribution in [3.8, 4) is 23.7 Å². The number of aliphatic hydroxyl groups is 1. The van der Waals surface area contributed by atoms with Crippen LogP contribution < -0.4 is 4.74 Å². The van der Waals surface area contributed by atoms with Gasteiger partial charge in [-0.2, -0.15) is 5.26 Å². The molecule has 0 bridgehead atoms. The molecule has 0 radical (unpaired) electrons. The normalized spacial score (nSPS) is 9.33. The van der Waals surface area contributed by atoms with Crippen molar-refractivity contribution in [2.45, 2.75) is 13.0 Å². The third-order valence-electron chi connectivity index (χ3n) is 2.87. The minimum Gasteiger partial charge on any atom is -0.487 e. The third-order valence-corrected chi connectivity index (χ3v) is 2.87. The molecule has 0 fully saturated rings. The van der Waals surface area contributed by atoms with Gasteiger partial charge in [0.05, 0.1) is 12.2 Å². The van der Waals surface area contributed by atoms with Crippen LogP contribution in [0.25, 0.3) is 0 Å². The zero-order valence-electron chi connectivity index (χ0n) is 11.5. The van der Waals surface area contributed by atoms with Gasteiger partial charge in [-0.05, 0) is 18.2 Å². The number of aliphatic hydroxyl groups excluding tert-OH is 1. The lowest BCUT2D eigenvalue weighted by Crippen LogP contribution is -1.99. The Kier molecular flexibility index (Phi) is 5.41. The minimum atomic E-state index is 0.0568. The standard InChI is InChI=1S/C18H15NO2/c19-13-16-9-3-4-11-18(16)21-14-17-10-2-1-7-15(17)8-5-6-12-20/h1-4,7,9-11,20H,6,12,14H2. The summed E-state index contributed by atoms with van der Waals surface area (Å²) in [6, 6.07) is 16.9. The van der Waals surface area contributed by atoms with Crippen LogP contribution in [0.5, 0.6) is 5.75 Å². The molecule has 2 rings (SSSR count). The van der Waals surface area contributed by atoms with Gasteiger partial charge in [0.2, 0.25) is 0 Å². The highest BCUT2D eigenvalue weighted by atomic mass is 16.5. The summed E-state index contributed by atoms with van der Waals surface area (Å²) < 4.78 is 5.72. The Balaban J connectivity index is 2.14. The lowest BCUT2D eigenvalue weighted by Gasteiger charge is -2.09. The molecule has 0 heterocycles. The fourth-order valence-corrected chi connectivity index (χ4v) is 1.82. The second-order valence-corrected chi connectivity index (χ2v) is 4.33. The number of rotatable bonds is 4. The van der Waals surface area contributed by atoms with E-state index in [-0.39, 0.29) is 6.61 Å². The summed E-state index contributed by atoms with van der Waals surface area (Å²) in [7, 11) is 0. The molecule has 0 aromatic heterocycles. The van der Waals surface area contributed by atoms with Crippen LogP contribution in [0, 0.1) is 23.2 Å². The van der Waals surface area contributed by atoms with Gasteiger partial charge in [-0.1, -0.05) is 42.2 Å².